The van der Waals surface area contributed by atoms with Gasteiger partial charge in [0.2, 0.25) is 0 Å². The third kappa shape index (κ3) is 4.13. The van der Waals surface area contributed by atoms with Gasteiger partial charge in [-0.15, -0.1) is 0 Å². The number of carbonyl (C=O) groups is 1. The second-order valence-electron chi connectivity index (χ2n) is 5.20. The summed E-state index contributed by atoms with van der Waals surface area (Å²) in [7, 11) is 0. The summed E-state index contributed by atoms with van der Waals surface area (Å²) in [4.78, 5) is 12.1. The van der Waals surface area contributed by atoms with Crippen LogP contribution in [-0.2, 0) is 5.54 Å². The first-order chi connectivity index (χ1) is 9.88. The molecule has 0 heterocycles. The fourth-order valence-corrected chi connectivity index (χ4v) is 2.22. The number of benzene rings is 2. The minimum atomic E-state index is -0.576. The van der Waals surface area contributed by atoms with Gasteiger partial charge in [-0.1, -0.05) is 47.5 Å². The highest BCUT2D eigenvalue weighted by Gasteiger charge is 2.23. The molecule has 3 nitrogen and oxygen atoms in total. The van der Waals surface area contributed by atoms with Crippen LogP contribution in [0.1, 0.15) is 19.4 Å². The topological polar surface area (TPSA) is 41.1 Å². The van der Waals surface area contributed by atoms with Crippen LogP contribution in [0.3, 0.4) is 0 Å². The highest BCUT2D eigenvalue weighted by atomic mass is 35.5. The summed E-state index contributed by atoms with van der Waals surface area (Å²) < 4.78 is 0. The van der Waals surface area contributed by atoms with Crippen LogP contribution >= 0.6 is 23.2 Å². The van der Waals surface area contributed by atoms with Crippen LogP contribution in [0.4, 0.5) is 10.5 Å². The van der Waals surface area contributed by atoms with Crippen molar-refractivity contribution in [2.45, 2.75) is 19.4 Å². The highest BCUT2D eigenvalue weighted by Crippen LogP contribution is 2.28. The number of anilines is 1. The molecule has 2 amide bonds. The largest absolute Gasteiger partial charge is 0.329 e. The van der Waals surface area contributed by atoms with Crippen molar-refractivity contribution >= 4 is 34.9 Å². The standard InChI is InChI=1S/C16H16Cl2N2O/c1-16(2,11-8-9-13(17)14(18)10-11)20-15(21)19-12-6-4-3-5-7-12/h3-10H,1-2H3,(H2,19,20,21). The van der Waals surface area contributed by atoms with E-state index >= 15 is 0 Å². The van der Waals surface area contributed by atoms with Crippen molar-refractivity contribution in [3.63, 3.8) is 0 Å². The zero-order valence-corrected chi connectivity index (χ0v) is 13.3. The normalized spacial score (nSPS) is 11.0. The van der Waals surface area contributed by atoms with Crippen molar-refractivity contribution in [1.82, 2.24) is 5.32 Å². The lowest BCUT2D eigenvalue weighted by molar-refractivity contribution is 0.242. The minimum Gasteiger partial charge on any atom is -0.329 e. The van der Waals surface area contributed by atoms with Crippen LogP contribution < -0.4 is 10.6 Å². The fraction of sp³-hybridized carbons (Fsp3) is 0.188. The average molecular weight is 323 g/mol. The Balaban J connectivity index is 2.09. The molecule has 5 heteroatoms. The maximum absolute atomic E-state index is 12.1. The van der Waals surface area contributed by atoms with E-state index in [9.17, 15) is 4.79 Å². The van der Waals surface area contributed by atoms with Gasteiger partial charge in [-0.25, -0.2) is 4.79 Å². The van der Waals surface area contributed by atoms with Gasteiger partial charge in [-0.05, 0) is 43.7 Å². The van der Waals surface area contributed by atoms with Crippen LogP contribution in [0.5, 0.6) is 0 Å². The van der Waals surface area contributed by atoms with E-state index in [0.717, 1.165) is 11.3 Å². The second-order valence-corrected chi connectivity index (χ2v) is 6.01. The van der Waals surface area contributed by atoms with Crippen molar-refractivity contribution in [1.29, 1.82) is 0 Å². The van der Waals surface area contributed by atoms with Crippen molar-refractivity contribution < 1.29 is 4.79 Å². The molecule has 2 aromatic rings. The van der Waals surface area contributed by atoms with E-state index in [1.54, 1.807) is 12.1 Å². The Morgan fingerprint density at radius 2 is 1.67 bits per heavy atom. The molecule has 2 aromatic carbocycles. The van der Waals surface area contributed by atoms with Crippen molar-refractivity contribution in [3.05, 3.63) is 64.1 Å². The maximum atomic E-state index is 12.1. The van der Waals surface area contributed by atoms with E-state index in [4.69, 9.17) is 23.2 Å². The summed E-state index contributed by atoms with van der Waals surface area (Å²) in [5.41, 5.74) is 1.03. The molecular weight excluding hydrogens is 307 g/mol. The van der Waals surface area contributed by atoms with Crippen LogP contribution in [0.15, 0.2) is 48.5 Å². The number of hydrogen-bond acceptors (Lipinski definition) is 1. The summed E-state index contributed by atoms with van der Waals surface area (Å²) in [6.07, 6.45) is 0. The van der Waals surface area contributed by atoms with E-state index in [-0.39, 0.29) is 6.03 Å². The molecule has 0 atom stereocenters. The third-order valence-corrected chi connectivity index (χ3v) is 3.84. The lowest BCUT2D eigenvalue weighted by atomic mass is 9.94. The van der Waals surface area contributed by atoms with Gasteiger partial charge in [0.05, 0.1) is 15.6 Å². The molecule has 0 bridgehead atoms. The van der Waals surface area contributed by atoms with E-state index < -0.39 is 5.54 Å². The third-order valence-electron chi connectivity index (χ3n) is 3.10. The van der Waals surface area contributed by atoms with Gasteiger partial charge in [0.15, 0.2) is 0 Å². The Morgan fingerprint density at radius 1 is 1.00 bits per heavy atom. The number of rotatable bonds is 3. The Morgan fingerprint density at radius 3 is 2.29 bits per heavy atom. The summed E-state index contributed by atoms with van der Waals surface area (Å²) in [5.74, 6) is 0. The molecule has 0 aliphatic heterocycles. The number of halogens is 2. The van der Waals surface area contributed by atoms with Gasteiger partial charge < -0.3 is 10.6 Å². The molecule has 0 saturated carbocycles. The van der Waals surface area contributed by atoms with E-state index in [1.165, 1.54) is 0 Å². The van der Waals surface area contributed by atoms with Gasteiger partial charge >= 0.3 is 6.03 Å². The SMILES string of the molecule is CC(C)(NC(=O)Nc1ccccc1)c1ccc(Cl)c(Cl)c1. The minimum absolute atomic E-state index is 0.280. The number of nitrogens with one attached hydrogen (secondary N) is 2. The lowest BCUT2D eigenvalue weighted by Crippen LogP contribution is -2.43. The quantitative estimate of drug-likeness (QED) is 0.815. The van der Waals surface area contributed by atoms with E-state index in [2.05, 4.69) is 10.6 Å². The molecule has 0 radical (unpaired) electrons. The smallest absolute Gasteiger partial charge is 0.319 e. The molecule has 0 aliphatic rings. The Kier molecular flexibility index (Phi) is 4.76. The molecule has 0 aliphatic carbocycles. The monoisotopic (exact) mass is 322 g/mol. The van der Waals surface area contributed by atoms with Gasteiger partial charge in [-0.3, -0.25) is 0 Å². The maximum Gasteiger partial charge on any atom is 0.319 e. The molecule has 0 spiro atoms. The first-order valence-electron chi connectivity index (χ1n) is 6.48. The molecule has 2 rings (SSSR count). The Hall–Kier alpha value is -1.71. The zero-order valence-electron chi connectivity index (χ0n) is 11.8. The van der Waals surface area contributed by atoms with Crippen molar-refractivity contribution in [2.24, 2.45) is 0 Å². The number of para-hydroxylation sites is 1. The molecule has 0 aromatic heterocycles. The molecule has 21 heavy (non-hydrogen) atoms. The number of urea groups is 1. The average Bonchev–Trinajstić information content (AvgIpc) is 2.42. The van der Waals surface area contributed by atoms with Crippen molar-refractivity contribution in [3.8, 4) is 0 Å². The second kappa shape index (κ2) is 6.37. The summed E-state index contributed by atoms with van der Waals surface area (Å²) in [6.45, 7) is 3.80. The van der Waals surface area contributed by atoms with Crippen LogP contribution in [0, 0.1) is 0 Å². The van der Waals surface area contributed by atoms with Gasteiger partial charge in [0.25, 0.3) is 0 Å². The van der Waals surface area contributed by atoms with Crippen LogP contribution in [-0.4, -0.2) is 6.03 Å². The number of hydrogen-bond donors (Lipinski definition) is 2. The van der Waals surface area contributed by atoms with E-state index in [0.29, 0.717) is 10.0 Å². The molecule has 0 unspecified atom stereocenters. The van der Waals surface area contributed by atoms with Crippen molar-refractivity contribution in [2.75, 3.05) is 5.32 Å². The fourth-order valence-electron chi connectivity index (χ4n) is 1.92. The predicted octanol–water partition coefficient (Wildman–Crippen LogP) is 5.05. The van der Waals surface area contributed by atoms with Crippen LogP contribution in [0.2, 0.25) is 10.0 Å². The number of carbonyl (C=O) groups excluding carboxylic acids is 1. The Labute approximate surface area is 134 Å². The summed E-state index contributed by atoms with van der Waals surface area (Å²) in [6, 6.07) is 14.3. The summed E-state index contributed by atoms with van der Waals surface area (Å²) in [5, 5.41) is 6.66. The molecule has 0 saturated heterocycles. The molecule has 110 valence electrons. The molecule has 0 fully saturated rings. The summed E-state index contributed by atoms with van der Waals surface area (Å²) >= 11 is 11.9. The number of amides is 2. The Bertz CT molecular complexity index is 642. The predicted molar refractivity (Wildman–Crippen MR) is 88.1 cm³/mol. The van der Waals surface area contributed by atoms with Gasteiger partial charge in [0, 0.05) is 5.69 Å². The zero-order chi connectivity index (χ0) is 15.5. The highest BCUT2D eigenvalue weighted by molar-refractivity contribution is 6.42. The lowest BCUT2D eigenvalue weighted by Gasteiger charge is -2.27. The molecular formula is C16H16Cl2N2O. The van der Waals surface area contributed by atoms with E-state index in [1.807, 2.05) is 50.2 Å². The van der Waals surface area contributed by atoms with Gasteiger partial charge in [-0.2, -0.15) is 0 Å². The first kappa shape index (κ1) is 15.7. The van der Waals surface area contributed by atoms with Gasteiger partial charge in [0.1, 0.15) is 0 Å². The first-order valence-corrected chi connectivity index (χ1v) is 7.24. The van der Waals surface area contributed by atoms with Crippen LogP contribution in [0.25, 0.3) is 0 Å². The molecule has 2 N–H and O–H groups in total.